The zero-order valence-corrected chi connectivity index (χ0v) is 11.0. The SMILES string of the molecule is CN(C)/C=C/c1c([N+](=O)[O-])cnc(Cl)c1Br. The maximum atomic E-state index is 10.8. The second-order valence-electron chi connectivity index (χ2n) is 3.20. The molecule has 0 aliphatic heterocycles. The third-order valence-corrected chi connectivity index (χ3v) is 3.05. The maximum absolute atomic E-state index is 10.8. The summed E-state index contributed by atoms with van der Waals surface area (Å²) in [6.07, 6.45) is 4.45. The minimum absolute atomic E-state index is 0.0885. The predicted molar refractivity (Wildman–Crippen MR) is 66.3 cm³/mol. The summed E-state index contributed by atoms with van der Waals surface area (Å²) in [5.41, 5.74) is 0.313. The van der Waals surface area contributed by atoms with E-state index in [2.05, 4.69) is 20.9 Å². The van der Waals surface area contributed by atoms with Crippen LogP contribution in [0, 0.1) is 10.1 Å². The van der Waals surface area contributed by atoms with Crippen molar-refractivity contribution in [1.29, 1.82) is 0 Å². The first kappa shape index (κ1) is 12.9. The lowest BCUT2D eigenvalue weighted by molar-refractivity contribution is -0.385. The molecule has 0 saturated heterocycles. The maximum Gasteiger partial charge on any atom is 0.296 e. The number of pyridine rings is 1. The van der Waals surface area contributed by atoms with Crippen LogP contribution < -0.4 is 0 Å². The normalized spacial score (nSPS) is 10.8. The first-order valence-corrected chi connectivity index (χ1v) is 5.43. The zero-order valence-electron chi connectivity index (χ0n) is 8.65. The van der Waals surface area contributed by atoms with Gasteiger partial charge in [-0.25, -0.2) is 4.98 Å². The Kier molecular flexibility index (Phi) is 4.26. The van der Waals surface area contributed by atoms with E-state index in [1.807, 2.05) is 14.1 Å². The van der Waals surface area contributed by atoms with Crippen molar-refractivity contribution >= 4 is 39.3 Å². The molecule has 16 heavy (non-hydrogen) atoms. The first-order chi connectivity index (χ1) is 7.43. The summed E-state index contributed by atoms with van der Waals surface area (Å²) in [6.45, 7) is 0. The van der Waals surface area contributed by atoms with E-state index in [1.165, 1.54) is 0 Å². The van der Waals surface area contributed by atoms with Crippen LogP contribution >= 0.6 is 27.5 Å². The van der Waals surface area contributed by atoms with Gasteiger partial charge in [-0.2, -0.15) is 0 Å². The Bertz CT molecular complexity index is 449. The molecule has 86 valence electrons. The van der Waals surface area contributed by atoms with Gasteiger partial charge in [0.15, 0.2) is 0 Å². The Morgan fingerprint density at radius 3 is 2.75 bits per heavy atom. The molecule has 1 aromatic rings. The third-order valence-electron chi connectivity index (χ3n) is 1.73. The fourth-order valence-corrected chi connectivity index (χ4v) is 1.58. The van der Waals surface area contributed by atoms with E-state index >= 15 is 0 Å². The summed E-state index contributed by atoms with van der Waals surface area (Å²) in [5, 5.41) is 11.0. The quantitative estimate of drug-likeness (QED) is 0.489. The van der Waals surface area contributed by atoms with Gasteiger partial charge in [-0.15, -0.1) is 0 Å². The molecule has 0 spiro atoms. The zero-order chi connectivity index (χ0) is 12.3. The number of hydrogen-bond acceptors (Lipinski definition) is 4. The van der Waals surface area contributed by atoms with Gasteiger partial charge in [0.1, 0.15) is 11.3 Å². The highest BCUT2D eigenvalue weighted by molar-refractivity contribution is 9.10. The number of halogens is 2. The summed E-state index contributed by atoms with van der Waals surface area (Å²) in [4.78, 5) is 15.8. The molecule has 0 unspecified atom stereocenters. The summed E-state index contributed by atoms with van der Waals surface area (Å²) in [7, 11) is 3.64. The monoisotopic (exact) mass is 305 g/mol. The molecule has 1 rings (SSSR count). The molecule has 7 heteroatoms. The molecule has 0 fully saturated rings. The Balaban J connectivity index is 3.32. The lowest BCUT2D eigenvalue weighted by atomic mass is 10.2. The molecular weight excluding hydrogens is 297 g/mol. The number of nitrogens with zero attached hydrogens (tertiary/aromatic N) is 3. The van der Waals surface area contributed by atoms with Gasteiger partial charge in [0.05, 0.1) is 15.0 Å². The van der Waals surface area contributed by atoms with Crippen molar-refractivity contribution in [1.82, 2.24) is 9.88 Å². The molecule has 0 bridgehead atoms. The van der Waals surface area contributed by atoms with Crippen LogP contribution in [0.3, 0.4) is 0 Å². The fourth-order valence-electron chi connectivity index (χ4n) is 0.995. The highest BCUT2D eigenvalue weighted by atomic mass is 79.9. The average Bonchev–Trinajstić information content (AvgIpc) is 2.19. The van der Waals surface area contributed by atoms with Gasteiger partial charge in [-0.1, -0.05) is 11.6 Å². The molecule has 0 N–H and O–H groups in total. The van der Waals surface area contributed by atoms with Crippen LogP contribution in [-0.4, -0.2) is 28.9 Å². The van der Waals surface area contributed by atoms with Crippen molar-refractivity contribution in [3.63, 3.8) is 0 Å². The van der Waals surface area contributed by atoms with Gasteiger partial charge in [0.25, 0.3) is 5.69 Å². The Morgan fingerprint density at radius 1 is 1.62 bits per heavy atom. The smallest absolute Gasteiger partial charge is 0.296 e. The van der Waals surface area contributed by atoms with Crippen molar-refractivity contribution in [3.8, 4) is 0 Å². The lowest BCUT2D eigenvalue weighted by Crippen LogP contribution is -2.01. The largest absolute Gasteiger partial charge is 0.383 e. The van der Waals surface area contributed by atoms with E-state index in [1.54, 1.807) is 17.2 Å². The van der Waals surface area contributed by atoms with Gasteiger partial charge < -0.3 is 4.90 Å². The van der Waals surface area contributed by atoms with Crippen molar-refractivity contribution in [3.05, 3.63) is 37.7 Å². The van der Waals surface area contributed by atoms with Crippen LogP contribution in [0.15, 0.2) is 16.9 Å². The molecular formula is C9H9BrClN3O2. The van der Waals surface area contributed by atoms with E-state index in [0.29, 0.717) is 10.0 Å². The average molecular weight is 307 g/mol. The number of hydrogen-bond donors (Lipinski definition) is 0. The predicted octanol–water partition coefficient (Wildman–Crippen LogP) is 2.94. The standard InChI is InChI=1S/C9H9BrClN3O2/c1-13(2)4-3-6-7(14(15)16)5-12-9(11)8(6)10/h3-5H,1-2H3/b4-3+. The van der Waals surface area contributed by atoms with Crippen LogP contribution in [0.2, 0.25) is 5.15 Å². The molecule has 0 aromatic carbocycles. The van der Waals surface area contributed by atoms with Crippen LogP contribution in [-0.2, 0) is 0 Å². The van der Waals surface area contributed by atoms with Gasteiger partial charge in [0, 0.05) is 14.1 Å². The van der Waals surface area contributed by atoms with Gasteiger partial charge in [-0.3, -0.25) is 10.1 Å². The number of nitro groups is 1. The first-order valence-electron chi connectivity index (χ1n) is 4.26. The van der Waals surface area contributed by atoms with E-state index in [9.17, 15) is 10.1 Å². The minimum Gasteiger partial charge on any atom is -0.383 e. The van der Waals surface area contributed by atoms with Gasteiger partial charge in [-0.05, 0) is 28.2 Å². The number of aromatic nitrogens is 1. The van der Waals surface area contributed by atoms with Crippen molar-refractivity contribution in [2.24, 2.45) is 0 Å². The van der Waals surface area contributed by atoms with Crippen molar-refractivity contribution in [2.45, 2.75) is 0 Å². The molecule has 5 nitrogen and oxygen atoms in total. The second-order valence-corrected chi connectivity index (χ2v) is 4.35. The highest BCUT2D eigenvalue weighted by Crippen LogP contribution is 2.32. The molecule has 1 aromatic heterocycles. The molecule has 0 aliphatic rings. The Morgan fingerprint density at radius 2 is 2.25 bits per heavy atom. The van der Waals surface area contributed by atoms with Crippen LogP contribution in [0.4, 0.5) is 5.69 Å². The Hall–Kier alpha value is -1.14. The van der Waals surface area contributed by atoms with Crippen molar-refractivity contribution in [2.75, 3.05) is 14.1 Å². The van der Waals surface area contributed by atoms with Crippen molar-refractivity contribution < 1.29 is 4.92 Å². The molecule has 0 aliphatic carbocycles. The van der Waals surface area contributed by atoms with Crippen LogP contribution in [0.1, 0.15) is 5.56 Å². The van der Waals surface area contributed by atoms with Gasteiger partial charge >= 0.3 is 0 Å². The van der Waals surface area contributed by atoms with E-state index < -0.39 is 4.92 Å². The molecule has 1 heterocycles. The molecule has 0 radical (unpaired) electrons. The summed E-state index contributed by atoms with van der Waals surface area (Å²) < 4.78 is 0.418. The summed E-state index contributed by atoms with van der Waals surface area (Å²) in [6, 6.07) is 0. The van der Waals surface area contributed by atoms with E-state index in [-0.39, 0.29) is 10.8 Å². The highest BCUT2D eigenvalue weighted by Gasteiger charge is 2.17. The topological polar surface area (TPSA) is 59.3 Å². The Labute approximate surface area is 106 Å². The number of rotatable bonds is 3. The molecule has 0 atom stereocenters. The summed E-state index contributed by atoms with van der Waals surface area (Å²) in [5.74, 6) is 0. The lowest BCUT2D eigenvalue weighted by Gasteiger charge is -2.05. The molecule has 0 amide bonds. The molecule has 0 saturated carbocycles. The minimum atomic E-state index is -0.497. The van der Waals surface area contributed by atoms with E-state index in [0.717, 1.165) is 6.20 Å². The van der Waals surface area contributed by atoms with Crippen LogP contribution in [0.25, 0.3) is 6.08 Å². The van der Waals surface area contributed by atoms with E-state index in [4.69, 9.17) is 11.6 Å². The summed E-state index contributed by atoms with van der Waals surface area (Å²) >= 11 is 8.96. The second kappa shape index (κ2) is 5.27. The van der Waals surface area contributed by atoms with Gasteiger partial charge in [0.2, 0.25) is 0 Å². The third kappa shape index (κ3) is 2.93. The van der Waals surface area contributed by atoms with Crippen LogP contribution in [0.5, 0.6) is 0 Å². The fraction of sp³-hybridized carbons (Fsp3) is 0.222.